The molecule has 2 heterocycles. The Balaban J connectivity index is 1.33. The van der Waals surface area contributed by atoms with Crippen LogP contribution in [0.15, 0.2) is 36.4 Å². The predicted molar refractivity (Wildman–Crippen MR) is 116 cm³/mol. The number of amides is 2. The van der Waals surface area contributed by atoms with Crippen LogP contribution in [0.5, 0.6) is 5.75 Å². The number of hydrogen-bond acceptors (Lipinski definition) is 4. The lowest BCUT2D eigenvalue weighted by atomic mass is 9.94. The van der Waals surface area contributed by atoms with Gasteiger partial charge in [0, 0.05) is 31.6 Å². The van der Waals surface area contributed by atoms with Gasteiger partial charge in [-0.25, -0.2) is 9.28 Å². The average molecular weight is 414 g/mol. The van der Waals surface area contributed by atoms with Crippen molar-refractivity contribution in [2.24, 2.45) is 5.73 Å². The first-order chi connectivity index (χ1) is 14.5. The molecule has 0 saturated carbocycles. The second-order valence-corrected chi connectivity index (χ2v) is 8.68. The fourth-order valence-corrected chi connectivity index (χ4v) is 5.11. The molecule has 2 saturated heterocycles. The Morgan fingerprint density at radius 1 is 1.23 bits per heavy atom. The summed E-state index contributed by atoms with van der Waals surface area (Å²) < 4.78 is 17.9. The van der Waals surface area contributed by atoms with Crippen LogP contribution in [-0.4, -0.2) is 56.3 Å². The Morgan fingerprint density at radius 3 is 2.70 bits per heavy atom. The van der Waals surface area contributed by atoms with E-state index in [4.69, 9.17) is 19.9 Å². The highest BCUT2D eigenvalue weighted by Gasteiger charge is 2.44. The minimum Gasteiger partial charge on any atom is -0.497 e. The van der Waals surface area contributed by atoms with Crippen LogP contribution < -0.4 is 10.5 Å². The van der Waals surface area contributed by atoms with Gasteiger partial charge in [0.05, 0.1) is 39.5 Å². The standard InChI is InChI=1S/C24H32N2O4/c1-17-6-4-12-26(17,24(25)27)13-5-9-23-29-15-19(16-30-23)21-8-3-7-18-14-20(28-2)10-11-22(18)21/h3,7-8,10-11,14,17,19,23H,4-6,9,12-13,15-16H2,1-2H3,(H-,25,27)/p+1/t17-,19?,23?,26?/m1/s1. The van der Waals surface area contributed by atoms with E-state index in [1.54, 1.807) is 7.11 Å². The SMILES string of the molecule is COc1ccc2c(C3COC(CCC[N+]4(C(N)=O)CCC[C@H]4C)OC3)cccc2c1. The van der Waals surface area contributed by atoms with Gasteiger partial charge in [0.1, 0.15) is 5.75 Å². The lowest BCUT2D eigenvalue weighted by Crippen LogP contribution is -2.58. The molecule has 2 aliphatic rings. The number of carbonyl (C=O) groups excluding carboxylic acids is 1. The van der Waals surface area contributed by atoms with Crippen molar-refractivity contribution in [1.29, 1.82) is 0 Å². The fourth-order valence-electron chi connectivity index (χ4n) is 5.11. The molecular weight excluding hydrogens is 380 g/mol. The summed E-state index contributed by atoms with van der Waals surface area (Å²) in [5.74, 6) is 1.07. The fraction of sp³-hybridized carbons (Fsp3) is 0.542. The molecule has 4 rings (SSSR count). The van der Waals surface area contributed by atoms with Crippen molar-refractivity contribution in [1.82, 2.24) is 0 Å². The summed E-state index contributed by atoms with van der Waals surface area (Å²) >= 11 is 0. The van der Waals surface area contributed by atoms with Gasteiger partial charge in [-0.1, -0.05) is 24.3 Å². The van der Waals surface area contributed by atoms with Crippen LogP contribution in [0.2, 0.25) is 0 Å². The van der Waals surface area contributed by atoms with E-state index >= 15 is 0 Å². The lowest BCUT2D eigenvalue weighted by molar-refractivity contribution is -0.859. The number of methoxy groups -OCH3 is 1. The topological polar surface area (TPSA) is 70.8 Å². The Morgan fingerprint density at radius 2 is 2.03 bits per heavy atom. The van der Waals surface area contributed by atoms with E-state index in [0.29, 0.717) is 23.7 Å². The average Bonchev–Trinajstić information content (AvgIpc) is 3.15. The highest BCUT2D eigenvalue weighted by atomic mass is 16.7. The zero-order valence-electron chi connectivity index (χ0n) is 18.0. The van der Waals surface area contributed by atoms with Gasteiger partial charge < -0.3 is 19.9 Å². The molecule has 0 aliphatic carbocycles. The van der Waals surface area contributed by atoms with E-state index in [-0.39, 0.29) is 18.2 Å². The van der Waals surface area contributed by atoms with Gasteiger partial charge in [-0.3, -0.25) is 0 Å². The second kappa shape index (κ2) is 8.92. The lowest BCUT2D eigenvalue weighted by Gasteiger charge is -2.35. The molecular formula is C24H33N2O4+. The normalized spacial score (nSPS) is 29.2. The molecule has 2 fully saturated rings. The third-order valence-corrected chi connectivity index (χ3v) is 6.99. The van der Waals surface area contributed by atoms with Crippen molar-refractivity contribution in [2.45, 2.75) is 50.9 Å². The first-order valence-electron chi connectivity index (χ1n) is 11.0. The molecule has 0 spiro atoms. The molecule has 2 aliphatic heterocycles. The number of rotatable bonds is 6. The monoisotopic (exact) mass is 413 g/mol. The number of quaternary nitrogens is 1. The summed E-state index contributed by atoms with van der Waals surface area (Å²) in [4.78, 5) is 12.1. The molecule has 0 bridgehead atoms. The van der Waals surface area contributed by atoms with Gasteiger partial charge in [0.25, 0.3) is 0 Å². The summed E-state index contributed by atoms with van der Waals surface area (Å²) in [6, 6.07) is 12.6. The van der Waals surface area contributed by atoms with E-state index < -0.39 is 0 Å². The molecule has 2 aromatic carbocycles. The van der Waals surface area contributed by atoms with Crippen molar-refractivity contribution in [3.63, 3.8) is 0 Å². The second-order valence-electron chi connectivity index (χ2n) is 8.68. The van der Waals surface area contributed by atoms with E-state index in [2.05, 4.69) is 37.3 Å². The zero-order valence-corrected chi connectivity index (χ0v) is 18.0. The summed E-state index contributed by atoms with van der Waals surface area (Å²) in [6.07, 6.45) is 3.59. The molecule has 2 atom stereocenters. The number of fused-ring (bicyclic) bond motifs is 1. The number of likely N-dealkylation sites (tertiary alicyclic amines) is 1. The molecule has 6 heteroatoms. The quantitative estimate of drug-likeness (QED) is 0.722. The van der Waals surface area contributed by atoms with Crippen LogP contribution in [0, 0.1) is 0 Å². The van der Waals surface area contributed by atoms with Crippen LogP contribution >= 0.6 is 0 Å². The Bertz CT molecular complexity index is 894. The van der Waals surface area contributed by atoms with E-state index in [1.807, 2.05) is 6.07 Å². The van der Waals surface area contributed by atoms with Crippen LogP contribution in [0.3, 0.4) is 0 Å². The smallest absolute Gasteiger partial charge is 0.414 e. The number of benzene rings is 2. The van der Waals surface area contributed by atoms with Crippen LogP contribution in [-0.2, 0) is 9.47 Å². The number of nitrogens with two attached hydrogens (primary N) is 1. The maximum absolute atomic E-state index is 12.1. The van der Waals surface area contributed by atoms with Crippen molar-refractivity contribution in [3.05, 3.63) is 42.0 Å². The molecule has 6 nitrogen and oxygen atoms in total. The predicted octanol–water partition coefficient (Wildman–Crippen LogP) is 4.16. The Kier molecular flexibility index (Phi) is 6.27. The zero-order chi connectivity index (χ0) is 21.1. The van der Waals surface area contributed by atoms with Gasteiger partial charge in [-0.2, -0.15) is 0 Å². The highest BCUT2D eigenvalue weighted by Crippen LogP contribution is 2.32. The van der Waals surface area contributed by atoms with Crippen LogP contribution in [0.4, 0.5) is 4.79 Å². The van der Waals surface area contributed by atoms with Crippen LogP contribution in [0.1, 0.15) is 44.1 Å². The van der Waals surface area contributed by atoms with E-state index in [9.17, 15) is 4.79 Å². The van der Waals surface area contributed by atoms with Crippen molar-refractivity contribution < 1.29 is 23.5 Å². The number of hydrogen-bond donors (Lipinski definition) is 1. The molecule has 30 heavy (non-hydrogen) atoms. The van der Waals surface area contributed by atoms with Gasteiger partial charge >= 0.3 is 6.03 Å². The van der Waals surface area contributed by atoms with Crippen molar-refractivity contribution in [2.75, 3.05) is 33.4 Å². The number of urea groups is 1. The third-order valence-electron chi connectivity index (χ3n) is 6.99. The highest BCUT2D eigenvalue weighted by molar-refractivity contribution is 5.87. The Labute approximate surface area is 178 Å². The van der Waals surface area contributed by atoms with Gasteiger partial charge in [0.2, 0.25) is 0 Å². The number of primary amides is 1. The number of ether oxygens (including phenoxy) is 3. The van der Waals surface area contributed by atoms with E-state index in [0.717, 1.165) is 49.9 Å². The minimum atomic E-state index is -0.206. The van der Waals surface area contributed by atoms with Gasteiger partial charge in [-0.05, 0) is 35.4 Å². The van der Waals surface area contributed by atoms with E-state index in [1.165, 1.54) is 10.9 Å². The summed E-state index contributed by atoms with van der Waals surface area (Å²) in [5, 5.41) is 2.37. The van der Waals surface area contributed by atoms with Gasteiger partial charge in [-0.15, -0.1) is 0 Å². The molecule has 2 aromatic rings. The molecule has 0 aromatic heterocycles. The van der Waals surface area contributed by atoms with Crippen molar-refractivity contribution in [3.8, 4) is 5.75 Å². The summed E-state index contributed by atoms with van der Waals surface area (Å²) in [6.45, 7) is 5.05. The molecule has 0 radical (unpaired) electrons. The summed E-state index contributed by atoms with van der Waals surface area (Å²) in [5.41, 5.74) is 7.00. The largest absolute Gasteiger partial charge is 0.497 e. The molecule has 162 valence electrons. The van der Waals surface area contributed by atoms with Gasteiger partial charge in [0.15, 0.2) is 6.29 Å². The number of nitrogens with zero attached hydrogens (tertiary/aromatic N) is 1. The van der Waals surface area contributed by atoms with Crippen molar-refractivity contribution >= 4 is 16.8 Å². The molecule has 2 N–H and O–H groups in total. The molecule has 2 amide bonds. The first kappa shape index (κ1) is 21.1. The molecule has 1 unspecified atom stereocenters. The maximum Gasteiger partial charge on any atom is 0.414 e. The summed E-state index contributed by atoms with van der Waals surface area (Å²) in [7, 11) is 1.69. The first-order valence-corrected chi connectivity index (χ1v) is 11.0. The number of carbonyl (C=O) groups is 1. The van der Waals surface area contributed by atoms with Crippen LogP contribution in [0.25, 0.3) is 10.8 Å². The maximum atomic E-state index is 12.1. The minimum absolute atomic E-state index is 0.196. The Hall–Kier alpha value is -2.15. The third kappa shape index (κ3) is 4.04.